The van der Waals surface area contributed by atoms with Gasteiger partial charge in [-0.3, -0.25) is 0 Å². The number of benzene rings is 2. The Kier molecular flexibility index (Phi) is 3.82. The Bertz CT molecular complexity index is 694. The summed E-state index contributed by atoms with van der Waals surface area (Å²) in [7, 11) is 0. The number of alkyl halides is 3. The zero-order chi connectivity index (χ0) is 15.8. The van der Waals surface area contributed by atoms with Crippen LogP contribution in [0, 0.1) is 0 Å². The average Bonchev–Trinajstić information content (AvgIpc) is 2.40. The van der Waals surface area contributed by atoms with Crippen LogP contribution in [0.3, 0.4) is 0 Å². The Morgan fingerprint density at radius 2 is 1.62 bits per heavy atom. The van der Waals surface area contributed by atoms with Crippen LogP contribution in [0.4, 0.5) is 13.2 Å². The summed E-state index contributed by atoms with van der Waals surface area (Å²) >= 11 is 5.72. The normalized spacial score (nSPS) is 11.4. The number of carboxylic acids is 1. The first-order valence-electron chi connectivity index (χ1n) is 5.63. The molecule has 0 heterocycles. The first-order chi connectivity index (χ1) is 9.70. The lowest BCUT2D eigenvalue weighted by molar-refractivity contribution is -0.137. The van der Waals surface area contributed by atoms with E-state index in [9.17, 15) is 23.1 Å². The molecule has 0 unspecified atom stereocenters. The van der Waals surface area contributed by atoms with Crippen LogP contribution in [0.1, 0.15) is 15.9 Å². The minimum absolute atomic E-state index is 0.190. The molecule has 0 spiro atoms. The lowest BCUT2D eigenvalue weighted by atomic mass is 10.0. The van der Waals surface area contributed by atoms with Crippen molar-refractivity contribution >= 4 is 17.6 Å². The second-order valence-corrected chi connectivity index (χ2v) is 4.64. The Hall–Kier alpha value is -2.21. The third-order valence-electron chi connectivity index (χ3n) is 2.84. The van der Waals surface area contributed by atoms with E-state index in [2.05, 4.69) is 0 Å². The van der Waals surface area contributed by atoms with Crippen LogP contribution >= 0.6 is 11.6 Å². The van der Waals surface area contributed by atoms with Gasteiger partial charge in [0.15, 0.2) is 0 Å². The fourth-order valence-electron chi connectivity index (χ4n) is 1.78. The van der Waals surface area contributed by atoms with Gasteiger partial charge in [-0.1, -0.05) is 23.7 Å². The highest BCUT2D eigenvalue weighted by Gasteiger charge is 2.30. The molecule has 0 aliphatic heterocycles. The Balaban J connectivity index is 2.50. The second kappa shape index (κ2) is 5.29. The van der Waals surface area contributed by atoms with Crippen molar-refractivity contribution < 1.29 is 28.2 Å². The molecule has 0 radical (unpaired) electrons. The van der Waals surface area contributed by atoms with E-state index in [0.29, 0.717) is 11.1 Å². The second-order valence-electron chi connectivity index (χ2n) is 4.23. The molecule has 2 rings (SSSR count). The number of hydrogen-bond acceptors (Lipinski definition) is 2. The maximum Gasteiger partial charge on any atom is 0.416 e. The van der Waals surface area contributed by atoms with Crippen LogP contribution in [0.5, 0.6) is 5.75 Å². The number of aromatic carboxylic acids is 1. The molecule has 2 aromatic carbocycles. The molecule has 2 aromatic rings. The average molecular weight is 317 g/mol. The fraction of sp³-hybridized carbons (Fsp3) is 0.0714. The number of aromatic hydroxyl groups is 1. The van der Waals surface area contributed by atoms with Crippen LogP contribution in [-0.4, -0.2) is 16.2 Å². The summed E-state index contributed by atoms with van der Waals surface area (Å²) in [5, 5.41) is 18.3. The molecule has 0 aliphatic rings. The van der Waals surface area contributed by atoms with Crippen molar-refractivity contribution in [2.45, 2.75) is 6.18 Å². The van der Waals surface area contributed by atoms with Gasteiger partial charge in [-0.15, -0.1) is 0 Å². The summed E-state index contributed by atoms with van der Waals surface area (Å²) < 4.78 is 37.4. The van der Waals surface area contributed by atoms with Gasteiger partial charge in [0, 0.05) is 0 Å². The maximum absolute atomic E-state index is 12.5. The Morgan fingerprint density at radius 3 is 2.10 bits per heavy atom. The van der Waals surface area contributed by atoms with E-state index in [0.717, 1.165) is 18.2 Å². The van der Waals surface area contributed by atoms with Crippen molar-refractivity contribution in [1.82, 2.24) is 0 Å². The maximum atomic E-state index is 12.5. The van der Waals surface area contributed by atoms with Gasteiger partial charge in [0.1, 0.15) is 11.3 Å². The summed E-state index contributed by atoms with van der Waals surface area (Å²) in [6.07, 6.45) is -4.45. The molecule has 0 atom stereocenters. The van der Waals surface area contributed by atoms with Crippen LogP contribution in [0.25, 0.3) is 11.1 Å². The molecule has 2 N–H and O–H groups in total. The summed E-state index contributed by atoms with van der Waals surface area (Å²) in [6, 6.07) is 6.61. The van der Waals surface area contributed by atoms with Gasteiger partial charge in [-0.25, -0.2) is 4.79 Å². The van der Waals surface area contributed by atoms with Crippen molar-refractivity contribution in [1.29, 1.82) is 0 Å². The van der Waals surface area contributed by atoms with E-state index in [1.165, 1.54) is 18.2 Å². The molecule has 0 saturated heterocycles. The SMILES string of the molecule is O=C(O)c1cc(-c2ccc(C(F)(F)F)cc2)cc(Cl)c1O. The topological polar surface area (TPSA) is 57.5 Å². The zero-order valence-corrected chi connectivity index (χ0v) is 11.0. The Morgan fingerprint density at radius 1 is 1.05 bits per heavy atom. The number of phenols is 1. The third-order valence-corrected chi connectivity index (χ3v) is 3.13. The number of halogens is 4. The molecule has 0 aromatic heterocycles. The smallest absolute Gasteiger partial charge is 0.416 e. The van der Waals surface area contributed by atoms with E-state index in [1.807, 2.05) is 0 Å². The first kappa shape index (κ1) is 15.2. The monoisotopic (exact) mass is 316 g/mol. The quantitative estimate of drug-likeness (QED) is 0.861. The third kappa shape index (κ3) is 3.11. The van der Waals surface area contributed by atoms with Gasteiger partial charge < -0.3 is 10.2 Å². The number of hydrogen-bond donors (Lipinski definition) is 2. The predicted molar refractivity (Wildman–Crippen MR) is 70.5 cm³/mol. The predicted octanol–water partition coefficient (Wildman–Crippen LogP) is 4.43. The van der Waals surface area contributed by atoms with E-state index in [1.54, 1.807) is 0 Å². The number of carbonyl (C=O) groups is 1. The van der Waals surface area contributed by atoms with Gasteiger partial charge in [0.25, 0.3) is 0 Å². The molecule has 7 heteroatoms. The molecular formula is C14H8ClF3O3. The molecule has 0 amide bonds. The number of carboxylic acid groups (broad SMARTS) is 1. The van der Waals surface area contributed by atoms with Crippen LogP contribution in [0.2, 0.25) is 5.02 Å². The highest BCUT2D eigenvalue weighted by Crippen LogP contribution is 2.35. The largest absolute Gasteiger partial charge is 0.505 e. The van der Waals surface area contributed by atoms with Crippen LogP contribution in [0.15, 0.2) is 36.4 Å². The minimum Gasteiger partial charge on any atom is -0.505 e. The lowest BCUT2D eigenvalue weighted by Gasteiger charge is -2.09. The van der Waals surface area contributed by atoms with E-state index in [4.69, 9.17) is 16.7 Å². The molecule has 0 fully saturated rings. The summed E-state index contributed by atoms with van der Waals surface area (Å²) in [4.78, 5) is 11.0. The molecular weight excluding hydrogens is 309 g/mol. The van der Waals surface area contributed by atoms with Gasteiger partial charge in [-0.05, 0) is 35.4 Å². The lowest BCUT2D eigenvalue weighted by Crippen LogP contribution is -2.04. The molecule has 110 valence electrons. The van der Waals surface area contributed by atoms with Crippen molar-refractivity contribution in [2.24, 2.45) is 0 Å². The summed E-state index contributed by atoms with van der Waals surface area (Å²) in [6.45, 7) is 0. The highest BCUT2D eigenvalue weighted by atomic mass is 35.5. The zero-order valence-electron chi connectivity index (χ0n) is 10.3. The van der Waals surface area contributed by atoms with Crippen molar-refractivity contribution in [3.63, 3.8) is 0 Å². The highest BCUT2D eigenvalue weighted by molar-refractivity contribution is 6.33. The first-order valence-corrected chi connectivity index (χ1v) is 6.01. The van der Waals surface area contributed by atoms with Crippen molar-refractivity contribution in [2.75, 3.05) is 0 Å². The molecule has 0 saturated carbocycles. The fourth-order valence-corrected chi connectivity index (χ4v) is 2.00. The number of rotatable bonds is 2. The Labute approximate surface area is 122 Å². The standard InChI is InChI=1S/C14H8ClF3O3/c15-11-6-8(5-10(12(11)19)13(20)21)7-1-3-9(4-2-7)14(16,17)18/h1-6,19H,(H,20,21). The van der Waals surface area contributed by atoms with Crippen molar-refractivity contribution in [3.8, 4) is 16.9 Å². The van der Waals surface area contributed by atoms with E-state index in [-0.39, 0.29) is 5.02 Å². The minimum atomic E-state index is -4.45. The van der Waals surface area contributed by atoms with E-state index < -0.39 is 29.0 Å². The van der Waals surface area contributed by atoms with Crippen LogP contribution < -0.4 is 0 Å². The summed E-state index contributed by atoms with van der Waals surface area (Å²) in [5.74, 6) is -1.97. The van der Waals surface area contributed by atoms with E-state index >= 15 is 0 Å². The van der Waals surface area contributed by atoms with Gasteiger partial charge in [0.2, 0.25) is 0 Å². The molecule has 21 heavy (non-hydrogen) atoms. The van der Waals surface area contributed by atoms with Crippen LogP contribution in [-0.2, 0) is 6.18 Å². The van der Waals surface area contributed by atoms with Gasteiger partial charge >= 0.3 is 12.1 Å². The molecule has 0 aliphatic carbocycles. The molecule has 3 nitrogen and oxygen atoms in total. The van der Waals surface area contributed by atoms with Gasteiger partial charge in [0.05, 0.1) is 10.6 Å². The summed E-state index contributed by atoms with van der Waals surface area (Å²) in [5.41, 5.74) is -0.580. The van der Waals surface area contributed by atoms with Crippen molar-refractivity contribution in [3.05, 3.63) is 52.5 Å². The van der Waals surface area contributed by atoms with Gasteiger partial charge in [-0.2, -0.15) is 13.2 Å². The molecule has 0 bridgehead atoms.